The Bertz CT molecular complexity index is 661. The summed E-state index contributed by atoms with van der Waals surface area (Å²) < 4.78 is 62.2. The van der Waals surface area contributed by atoms with Crippen molar-refractivity contribution in [3.63, 3.8) is 0 Å². The lowest BCUT2D eigenvalue weighted by Crippen LogP contribution is -2.41. The van der Waals surface area contributed by atoms with Gasteiger partial charge >= 0.3 is 7.12 Å². The molecule has 1 aromatic carbocycles. The molecule has 5 heteroatoms. The third-order valence-corrected chi connectivity index (χ3v) is 3.47. The molecule has 1 fully saturated rings. The van der Waals surface area contributed by atoms with Crippen LogP contribution < -0.4 is 15.9 Å². The molecule has 1 saturated heterocycles. The van der Waals surface area contributed by atoms with Crippen LogP contribution in [0.15, 0.2) is 18.1 Å². The molecule has 0 saturated carbocycles. The molecule has 1 heterocycles. The molecule has 0 radical (unpaired) electrons. The molecule has 0 spiro atoms. The summed E-state index contributed by atoms with van der Waals surface area (Å²) in [6.07, 6.45) is 0. The first kappa shape index (κ1) is 7.41. The van der Waals surface area contributed by atoms with Crippen molar-refractivity contribution in [2.24, 2.45) is 0 Å². The maximum absolute atomic E-state index is 8.12. The zero-order valence-corrected chi connectivity index (χ0v) is 10.9. The lowest BCUT2D eigenvalue weighted by atomic mass is 9.78. The monoisotopic (exact) mass is 255 g/mol. The summed E-state index contributed by atoms with van der Waals surface area (Å²) in [5.74, 6) is -0.375. The van der Waals surface area contributed by atoms with E-state index >= 15 is 0 Å². The van der Waals surface area contributed by atoms with Crippen LogP contribution in [-0.2, 0) is 9.31 Å². The lowest BCUT2D eigenvalue weighted by molar-refractivity contribution is 0.00578. The van der Waals surface area contributed by atoms with Gasteiger partial charge < -0.3 is 19.8 Å². The molecule has 0 atom stereocenters. The van der Waals surface area contributed by atoms with E-state index < -0.39 is 43.5 Å². The number of ether oxygens (including phenoxy) is 1. The second-order valence-corrected chi connectivity index (χ2v) is 5.22. The van der Waals surface area contributed by atoms with E-state index in [1.165, 1.54) is 0 Å². The summed E-state index contributed by atoms with van der Waals surface area (Å²) in [5.41, 5.74) is 3.88. The smallest absolute Gasteiger partial charge is 0.495 e. The number of nitrogen functional groups attached to an aromatic ring is 1. The second kappa shape index (κ2) is 4.18. The van der Waals surface area contributed by atoms with Crippen LogP contribution in [0.5, 0.6) is 5.75 Å². The molecule has 2 rings (SSSR count). The number of hydrogen-bond donors (Lipinski definition) is 1. The van der Waals surface area contributed by atoms with E-state index in [1.807, 2.05) is 0 Å². The van der Waals surface area contributed by atoms with E-state index in [-0.39, 0.29) is 16.9 Å². The molecule has 0 amide bonds. The van der Waals surface area contributed by atoms with Crippen molar-refractivity contribution >= 4 is 18.3 Å². The molecular formula is C13H20BNO3. The number of hydrogen-bond acceptors (Lipinski definition) is 4. The number of methoxy groups -OCH3 is 1. The van der Waals surface area contributed by atoms with Crippen molar-refractivity contribution in [2.45, 2.75) is 38.9 Å². The summed E-state index contributed by atoms with van der Waals surface area (Å²) in [6, 6.07) is -1.33. The third-order valence-electron chi connectivity index (χ3n) is 3.47. The predicted molar refractivity (Wildman–Crippen MR) is 73.1 cm³/mol. The molecule has 0 bridgehead atoms. The molecule has 0 unspecified atom stereocenters. The van der Waals surface area contributed by atoms with Crippen LogP contribution in [-0.4, -0.2) is 25.4 Å². The molecule has 4 nitrogen and oxygen atoms in total. The first-order chi connectivity index (χ1) is 10.7. The van der Waals surface area contributed by atoms with Crippen LogP contribution in [0.25, 0.3) is 0 Å². The number of para-hydroxylation sites is 1. The van der Waals surface area contributed by atoms with Gasteiger partial charge in [0.25, 0.3) is 0 Å². The number of benzene rings is 1. The van der Waals surface area contributed by atoms with Gasteiger partial charge in [-0.05, 0) is 33.7 Å². The average molecular weight is 255 g/mol. The fourth-order valence-corrected chi connectivity index (χ4v) is 1.66. The van der Waals surface area contributed by atoms with Crippen LogP contribution in [0.4, 0.5) is 5.69 Å². The first-order valence-corrected chi connectivity index (χ1v) is 5.62. The Balaban J connectivity index is 2.65. The zero-order chi connectivity index (χ0) is 18.7. The lowest BCUT2D eigenvalue weighted by Gasteiger charge is -2.32. The molecule has 1 aliphatic heterocycles. The Morgan fingerprint density at radius 1 is 1.28 bits per heavy atom. The molecular weight excluding hydrogens is 229 g/mol. The van der Waals surface area contributed by atoms with Crippen molar-refractivity contribution in [3.8, 4) is 5.75 Å². The highest BCUT2D eigenvalue weighted by Gasteiger charge is 2.52. The fourth-order valence-electron chi connectivity index (χ4n) is 1.66. The van der Waals surface area contributed by atoms with Crippen molar-refractivity contribution in [1.82, 2.24) is 0 Å². The first-order valence-electron chi connectivity index (χ1n) is 8.62. The Morgan fingerprint density at radius 3 is 2.44 bits per heavy atom. The van der Waals surface area contributed by atoms with E-state index in [4.69, 9.17) is 28.0 Å². The van der Waals surface area contributed by atoms with Gasteiger partial charge in [0.05, 0.1) is 32.2 Å². The normalized spacial score (nSPS) is 26.6. The molecule has 18 heavy (non-hydrogen) atoms. The Morgan fingerprint density at radius 2 is 1.89 bits per heavy atom. The van der Waals surface area contributed by atoms with E-state index in [0.717, 1.165) is 0 Å². The Labute approximate surface area is 117 Å². The minimum atomic E-state index is -2.84. The van der Waals surface area contributed by atoms with Crippen LogP contribution >= 0.6 is 0 Å². The van der Waals surface area contributed by atoms with E-state index in [0.29, 0.717) is 0 Å². The van der Waals surface area contributed by atoms with Gasteiger partial charge in [0.1, 0.15) is 5.75 Å². The summed E-state index contributed by atoms with van der Waals surface area (Å²) in [5, 5.41) is 0. The van der Waals surface area contributed by atoms with Gasteiger partial charge in [-0.3, -0.25) is 0 Å². The van der Waals surface area contributed by atoms with Gasteiger partial charge in [-0.25, -0.2) is 0 Å². The third kappa shape index (κ3) is 1.97. The Kier molecular flexibility index (Phi) is 1.72. The largest absolute Gasteiger partial charge is 0.498 e. The second-order valence-electron chi connectivity index (χ2n) is 5.22. The quantitative estimate of drug-likeness (QED) is 0.644. The molecule has 98 valence electrons. The average Bonchev–Trinajstić information content (AvgIpc) is 2.60. The van der Waals surface area contributed by atoms with Gasteiger partial charge in [-0.2, -0.15) is 0 Å². The SMILES string of the molecule is [2H]c1c([2H])c(N)c(OC([2H])([2H])[2H])c(B2OC(C)(C)C(C)(C)O2)c1[2H]. The minimum Gasteiger partial charge on any atom is -0.495 e. The van der Waals surface area contributed by atoms with Gasteiger partial charge in [0.2, 0.25) is 0 Å². The highest BCUT2D eigenvalue weighted by molar-refractivity contribution is 6.63. The highest BCUT2D eigenvalue weighted by atomic mass is 16.7. The summed E-state index contributed by atoms with van der Waals surface area (Å²) in [6.45, 7) is 7.19. The van der Waals surface area contributed by atoms with E-state index in [2.05, 4.69) is 0 Å². The minimum absolute atomic E-state index is 0.0942. The molecule has 1 aromatic rings. The summed E-state index contributed by atoms with van der Waals surface area (Å²) in [4.78, 5) is 0. The van der Waals surface area contributed by atoms with E-state index in [1.54, 1.807) is 27.7 Å². The summed E-state index contributed by atoms with van der Waals surface area (Å²) in [7, 11) is -3.97. The van der Waals surface area contributed by atoms with Crippen molar-refractivity contribution in [1.29, 1.82) is 0 Å². The van der Waals surface area contributed by atoms with Crippen molar-refractivity contribution in [2.75, 3.05) is 12.8 Å². The molecule has 0 aliphatic carbocycles. The van der Waals surface area contributed by atoms with Gasteiger partial charge in [0, 0.05) is 5.46 Å². The molecule has 0 aromatic heterocycles. The maximum Gasteiger partial charge on any atom is 0.498 e. The van der Waals surface area contributed by atoms with Crippen molar-refractivity contribution < 1.29 is 22.3 Å². The number of rotatable bonds is 2. The topological polar surface area (TPSA) is 53.7 Å². The maximum atomic E-state index is 8.12. The summed E-state index contributed by atoms with van der Waals surface area (Å²) >= 11 is 0. The number of anilines is 1. The van der Waals surface area contributed by atoms with E-state index in [9.17, 15) is 0 Å². The fraction of sp³-hybridized carbons (Fsp3) is 0.538. The van der Waals surface area contributed by atoms with Crippen LogP contribution in [0.3, 0.4) is 0 Å². The van der Waals surface area contributed by atoms with Crippen LogP contribution in [0.2, 0.25) is 0 Å². The highest BCUT2D eigenvalue weighted by Crippen LogP contribution is 2.37. The zero-order valence-electron chi connectivity index (χ0n) is 16.9. The standard InChI is InChI=1S/C13H20BNO3/c1-12(2)13(3,4)18-14(17-12)9-7-6-8-10(15)11(9)16-5/h6-8H,15H2,1-5H3/i5D3,6D,7D,8D. The molecule has 2 N–H and O–H groups in total. The van der Waals surface area contributed by atoms with Crippen molar-refractivity contribution in [3.05, 3.63) is 18.1 Å². The van der Waals surface area contributed by atoms with Crippen LogP contribution in [0.1, 0.15) is 35.9 Å². The predicted octanol–water partition coefficient (Wildman–Crippen LogP) is 1.58. The van der Waals surface area contributed by atoms with Gasteiger partial charge in [-0.1, -0.05) is 12.1 Å². The van der Waals surface area contributed by atoms with Gasteiger partial charge in [-0.15, -0.1) is 0 Å². The Hall–Kier alpha value is -1.20. The number of nitrogens with two attached hydrogens (primary N) is 1. The molecule has 1 aliphatic rings. The van der Waals surface area contributed by atoms with Crippen LogP contribution in [0, 0.1) is 0 Å². The van der Waals surface area contributed by atoms with Gasteiger partial charge in [0.15, 0.2) is 0 Å².